The number of rotatable bonds is 4. The number of hydrogen-bond donors (Lipinski definition) is 0. The molecule has 0 aromatic heterocycles. The highest BCUT2D eigenvalue weighted by atomic mass is 79.9. The smallest absolute Gasteiger partial charge is 0.141 e. The van der Waals surface area contributed by atoms with Crippen molar-refractivity contribution in [1.82, 2.24) is 4.90 Å². The van der Waals surface area contributed by atoms with Gasteiger partial charge in [-0.25, -0.2) is 4.99 Å². The quantitative estimate of drug-likeness (QED) is 0.300. The van der Waals surface area contributed by atoms with Crippen LogP contribution in [0, 0.1) is 33.5 Å². The number of para-hydroxylation sites is 1. The van der Waals surface area contributed by atoms with Crippen LogP contribution >= 0.6 is 44.1 Å². The summed E-state index contributed by atoms with van der Waals surface area (Å²) in [7, 11) is 1.61. The summed E-state index contributed by atoms with van der Waals surface area (Å²) in [5.74, 6) is 0.671. The molecular weight excluding hydrogens is 652 g/mol. The number of halogens is 2. The van der Waals surface area contributed by atoms with Gasteiger partial charge >= 0.3 is 0 Å². The van der Waals surface area contributed by atoms with Gasteiger partial charge in [0.1, 0.15) is 34.1 Å². The normalized spacial score (nSPS) is 25.4. The number of nitriles is 2. The van der Waals surface area contributed by atoms with Crippen molar-refractivity contribution in [2.45, 2.75) is 5.92 Å². The standard InChI is InChI=1S/C30H24Br2N6OS/c1-39-25-5-3-2-4-24(25)26-29(14-33)16-36(22-10-6-20(31)7-11-22)17-30(26,15-34)28(40)38-19-37(18-35-27(29)38)23-12-8-21(32)9-13-23/h2-13,26H,16-19H2,1H3/t26-,29-,30-/m1/s1. The summed E-state index contributed by atoms with van der Waals surface area (Å²) in [5, 5.41) is 22.2. The predicted molar refractivity (Wildman–Crippen MR) is 166 cm³/mol. The summed E-state index contributed by atoms with van der Waals surface area (Å²) in [5.41, 5.74) is 0.337. The number of ether oxygens (including phenoxy) is 1. The molecule has 2 bridgehead atoms. The van der Waals surface area contributed by atoms with Crippen LogP contribution in [-0.2, 0) is 0 Å². The fraction of sp³-hybridized carbons (Fsp3) is 0.267. The van der Waals surface area contributed by atoms with Gasteiger partial charge in [-0.1, -0.05) is 62.3 Å². The number of amidine groups is 1. The second-order valence-corrected chi connectivity index (χ2v) is 12.4. The Morgan fingerprint density at radius 1 is 0.875 bits per heavy atom. The molecule has 40 heavy (non-hydrogen) atoms. The number of anilines is 2. The summed E-state index contributed by atoms with van der Waals surface area (Å²) in [4.78, 5) is 11.7. The lowest BCUT2D eigenvalue weighted by Crippen LogP contribution is -2.73. The molecule has 3 aromatic rings. The zero-order chi connectivity index (χ0) is 28.1. The second-order valence-electron chi connectivity index (χ2n) is 10.2. The Balaban J connectivity index is 1.56. The molecule has 3 aliphatic heterocycles. The molecule has 3 aromatic carbocycles. The maximum absolute atomic E-state index is 11.1. The van der Waals surface area contributed by atoms with Crippen LogP contribution in [0.15, 0.2) is 86.7 Å². The van der Waals surface area contributed by atoms with Gasteiger partial charge in [-0.2, -0.15) is 10.5 Å². The van der Waals surface area contributed by atoms with E-state index in [4.69, 9.17) is 21.9 Å². The topological polar surface area (TPSA) is 78.9 Å². The van der Waals surface area contributed by atoms with E-state index in [1.165, 1.54) is 0 Å². The molecule has 200 valence electrons. The van der Waals surface area contributed by atoms with Gasteiger partial charge in [-0.3, -0.25) is 0 Å². The van der Waals surface area contributed by atoms with Gasteiger partial charge in [0.15, 0.2) is 0 Å². The molecule has 3 aliphatic rings. The molecule has 0 amide bonds. The lowest BCUT2D eigenvalue weighted by atomic mass is 9.53. The van der Waals surface area contributed by atoms with Crippen LogP contribution in [0.4, 0.5) is 11.4 Å². The van der Waals surface area contributed by atoms with Crippen molar-refractivity contribution in [1.29, 1.82) is 10.5 Å². The van der Waals surface area contributed by atoms with E-state index in [1.54, 1.807) is 7.11 Å². The molecule has 3 heterocycles. The van der Waals surface area contributed by atoms with Crippen molar-refractivity contribution in [3.63, 3.8) is 0 Å². The Labute approximate surface area is 255 Å². The monoisotopic (exact) mass is 674 g/mol. The lowest BCUT2D eigenvalue weighted by Gasteiger charge is -2.61. The van der Waals surface area contributed by atoms with Crippen molar-refractivity contribution in [2.75, 3.05) is 43.3 Å². The summed E-state index contributed by atoms with van der Waals surface area (Å²) >= 11 is 13.2. The van der Waals surface area contributed by atoms with Gasteiger partial charge in [-0.05, 0) is 54.6 Å². The third-order valence-corrected chi connectivity index (χ3v) is 9.73. The molecule has 3 atom stereocenters. The first-order valence-electron chi connectivity index (χ1n) is 12.7. The van der Waals surface area contributed by atoms with Gasteiger partial charge in [0, 0.05) is 44.9 Å². The third kappa shape index (κ3) is 4.01. The SMILES string of the molecule is COc1ccccc1[C@H]1[C@@]2(C#N)CN(c3ccc(Br)cc3)C[C@@]1(C#N)C1=NCN(c3ccc(Br)cc3)CN1C2=S. The zero-order valence-electron chi connectivity index (χ0n) is 21.6. The Morgan fingerprint density at radius 3 is 2.05 bits per heavy atom. The van der Waals surface area contributed by atoms with Gasteiger partial charge in [0.2, 0.25) is 0 Å². The van der Waals surface area contributed by atoms with Gasteiger partial charge in [-0.15, -0.1) is 0 Å². The van der Waals surface area contributed by atoms with E-state index >= 15 is 0 Å². The Morgan fingerprint density at radius 2 is 1.45 bits per heavy atom. The van der Waals surface area contributed by atoms with E-state index < -0.39 is 16.7 Å². The number of fused-ring (bicyclic) bond motifs is 4. The van der Waals surface area contributed by atoms with E-state index in [2.05, 4.69) is 53.8 Å². The third-order valence-electron chi connectivity index (χ3n) is 8.08. The van der Waals surface area contributed by atoms with E-state index in [0.717, 1.165) is 25.9 Å². The maximum atomic E-state index is 11.1. The number of nitrogens with zero attached hydrogens (tertiary/aromatic N) is 6. The summed E-state index contributed by atoms with van der Waals surface area (Å²) in [6.07, 6.45) is 0. The number of hydrogen-bond acceptors (Lipinski definition) is 7. The highest BCUT2D eigenvalue weighted by Crippen LogP contribution is 2.60. The summed E-state index contributed by atoms with van der Waals surface area (Å²) < 4.78 is 7.72. The molecule has 6 rings (SSSR count). The average molecular weight is 676 g/mol. The number of benzene rings is 3. The number of aliphatic imine (C=N–C) groups is 1. The van der Waals surface area contributed by atoms with Gasteiger partial charge < -0.3 is 19.4 Å². The average Bonchev–Trinajstić information content (AvgIpc) is 3.00. The van der Waals surface area contributed by atoms with Gasteiger partial charge in [0.25, 0.3) is 0 Å². The summed E-state index contributed by atoms with van der Waals surface area (Å²) in [6.45, 7) is 1.46. The molecule has 2 fully saturated rings. The number of methoxy groups -OCH3 is 1. The van der Waals surface area contributed by atoms with Crippen LogP contribution in [0.2, 0.25) is 0 Å². The van der Waals surface area contributed by atoms with Crippen LogP contribution in [0.5, 0.6) is 5.75 Å². The van der Waals surface area contributed by atoms with E-state index in [0.29, 0.717) is 43.0 Å². The summed E-state index contributed by atoms with van der Waals surface area (Å²) in [6, 6.07) is 28.9. The molecule has 0 spiro atoms. The lowest BCUT2D eigenvalue weighted by molar-refractivity contribution is 0.202. The molecular formula is C30H24Br2N6OS. The van der Waals surface area contributed by atoms with Gasteiger partial charge in [0.05, 0.1) is 25.9 Å². The first-order valence-corrected chi connectivity index (χ1v) is 14.7. The molecule has 0 radical (unpaired) electrons. The fourth-order valence-electron chi connectivity index (χ4n) is 6.34. The fourth-order valence-corrected chi connectivity index (χ4v) is 7.24. The van der Waals surface area contributed by atoms with Crippen molar-refractivity contribution >= 4 is 66.3 Å². The molecule has 0 N–H and O–H groups in total. The van der Waals surface area contributed by atoms with Crippen molar-refractivity contribution in [2.24, 2.45) is 15.8 Å². The van der Waals surface area contributed by atoms with Crippen LogP contribution in [0.3, 0.4) is 0 Å². The Bertz CT molecular complexity index is 1600. The molecule has 0 unspecified atom stereocenters. The Kier molecular flexibility index (Phi) is 6.82. The molecule has 0 saturated carbocycles. The molecule has 2 saturated heterocycles. The van der Waals surface area contributed by atoms with Crippen molar-refractivity contribution in [3.8, 4) is 17.9 Å². The second kappa shape index (κ2) is 10.2. The predicted octanol–water partition coefficient (Wildman–Crippen LogP) is 6.32. The molecule has 0 aliphatic carbocycles. The van der Waals surface area contributed by atoms with Crippen LogP contribution in [0.25, 0.3) is 0 Å². The molecule has 7 nitrogen and oxygen atoms in total. The Hall–Kier alpha value is -3.44. The van der Waals surface area contributed by atoms with E-state index in [1.807, 2.05) is 77.7 Å². The van der Waals surface area contributed by atoms with Crippen LogP contribution in [0.1, 0.15) is 11.5 Å². The number of thiocarbonyl (C=S) groups is 1. The van der Waals surface area contributed by atoms with E-state index in [-0.39, 0.29) is 0 Å². The van der Waals surface area contributed by atoms with Crippen molar-refractivity contribution in [3.05, 3.63) is 87.3 Å². The maximum Gasteiger partial charge on any atom is 0.141 e. The molecule has 10 heteroatoms. The largest absolute Gasteiger partial charge is 0.496 e. The van der Waals surface area contributed by atoms with Crippen LogP contribution in [-0.4, -0.2) is 49.3 Å². The van der Waals surface area contributed by atoms with Crippen LogP contribution < -0.4 is 14.5 Å². The zero-order valence-corrected chi connectivity index (χ0v) is 25.6. The highest BCUT2D eigenvalue weighted by molar-refractivity contribution is 9.10. The first-order chi connectivity index (χ1) is 19.4. The van der Waals surface area contributed by atoms with E-state index in [9.17, 15) is 10.5 Å². The minimum atomic E-state index is -1.20. The number of piperidine rings is 2. The first kappa shape index (κ1) is 26.8. The highest BCUT2D eigenvalue weighted by Gasteiger charge is 2.68. The van der Waals surface area contributed by atoms with Crippen molar-refractivity contribution < 1.29 is 4.74 Å². The minimum absolute atomic E-state index is 0.332. The minimum Gasteiger partial charge on any atom is -0.496 e.